The molecule has 2 aromatic carbocycles. The zero-order valence-electron chi connectivity index (χ0n) is 19.3. The van der Waals surface area contributed by atoms with Gasteiger partial charge in [0.25, 0.3) is 0 Å². The van der Waals surface area contributed by atoms with Crippen molar-refractivity contribution in [2.45, 2.75) is 25.6 Å². The van der Waals surface area contributed by atoms with E-state index in [2.05, 4.69) is 20.3 Å². The van der Waals surface area contributed by atoms with Crippen LogP contribution in [0.15, 0.2) is 61.1 Å². The van der Waals surface area contributed by atoms with Crippen molar-refractivity contribution >= 4 is 22.3 Å². The molecule has 0 bridgehead atoms. The molecule has 0 atom stereocenters. The molecule has 1 aliphatic heterocycles. The molecule has 0 spiro atoms. The minimum absolute atomic E-state index is 0.119. The molecule has 2 aromatic heterocycles. The molecule has 0 saturated carbocycles. The lowest BCUT2D eigenvalue weighted by Crippen LogP contribution is -2.39. The molecule has 0 radical (unpaired) electrons. The van der Waals surface area contributed by atoms with E-state index >= 15 is 0 Å². The first-order valence-electron chi connectivity index (χ1n) is 11.7. The van der Waals surface area contributed by atoms with E-state index in [0.29, 0.717) is 29.3 Å². The molecule has 1 aliphatic rings. The highest BCUT2D eigenvalue weighted by molar-refractivity contribution is 5.85. The van der Waals surface area contributed by atoms with Crippen molar-refractivity contribution in [1.29, 1.82) is 0 Å². The molecule has 9 heteroatoms. The van der Waals surface area contributed by atoms with Gasteiger partial charge in [-0.15, -0.1) is 0 Å². The standard InChI is InChI=1S/C26H28FN5O3/c27-24-13-21(32-16-18(17-34)14-29-32)2-4-25(24)30-26-12-20-11-23(3-1-19(20)15-28-26)35-22-5-7-31(8-6-22)9-10-33/h1-4,11-16,22,33-34H,5-10,17H2,(H,28,30). The maximum absolute atomic E-state index is 14.8. The number of anilines is 2. The first-order valence-corrected chi connectivity index (χ1v) is 11.7. The van der Waals surface area contributed by atoms with Gasteiger partial charge in [0.1, 0.15) is 23.5 Å². The quantitative estimate of drug-likeness (QED) is 0.357. The first kappa shape index (κ1) is 23.2. The number of nitrogens with zero attached hydrogens (tertiary/aromatic N) is 4. The molecule has 0 unspecified atom stereocenters. The molecule has 3 N–H and O–H groups in total. The SMILES string of the molecule is OCCN1CCC(Oc2ccc3cnc(Nc4ccc(-n5cc(CO)cn5)cc4F)cc3c2)CC1. The first-order chi connectivity index (χ1) is 17.1. The number of benzene rings is 2. The molecule has 1 fully saturated rings. The Morgan fingerprint density at radius 3 is 2.63 bits per heavy atom. The summed E-state index contributed by atoms with van der Waals surface area (Å²) in [5.41, 5.74) is 1.52. The van der Waals surface area contributed by atoms with Crippen LogP contribution < -0.4 is 10.1 Å². The van der Waals surface area contributed by atoms with Gasteiger partial charge < -0.3 is 25.2 Å². The fourth-order valence-electron chi connectivity index (χ4n) is 4.31. The van der Waals surface area contributed by atoms with Gasteiger partial charge in [0.05, 0.1) is 30.8 Å². The summed E-state index contributed by atoms with van der Waals surface area (Å²) in [5, 5.41) is 27.4. The number of rotatable bonds is 8. The number of fused-ring (bicyclic) bond motifs is 1. The Labute approximate surface area is 202 Å². The molecule has 3 heterocycles. The monoisotopic (exact) mass is 477 g/mol. The van der Waals surface area contributed by atoms with E-state index in [1.54, 1.807) is 30.7 Å². The third kappa shape index (κ3) is 5.43. The average molecular weight is 478 g/mol. The van der Waals surface area contributed by atoms with E-state index in [1.165, 1.54) is 10.7 Å². The lowest BCUT2D eigenvalue weighted by molar-refractivity contribution is 0.0890. The van der Waals surface area contributed by atoms with Crippen LogP contribution in [-0.4, -0.2) is 62.2 Å². The summed E-state index contributed by atoms with van der Waals surface area (Å²) in [4.78, 5) is 6.67. The van der Waals surface area contributed by atoms with Crippen LogP contribution in [0, 0.1) is 5.82 Å². The van der Waals surface area contributed by atoms with Crippen LogP contribution in [0.3, 0.4) is 0 Å². The largest absolute Gasteiger partial charge is 0.490 e. The van der Waals surface area contributed by atoms with Crippen LogP contribution in [0.5, 0.6) is 5.75 Å². The minimum atomic E-state index is -0.435. The number of aromatic nitrogens is 3. The van der Waals surface area contributed by atoms with Gasteiger partial charge in [-0.1, -0.05) is 0 Å². The van der Waals surface area contributed by atoms with E-state index in [1.807, 2.05) is 24.3 Å². The number of ether oxygens (including phenoxy) is 1. The van der Waals surface area contributed by atoms with Gasteiger partial charge in [0, 0.05) is 49.0 Å². The number of nitrogens with one attached hydrogen (secondary N) is 1. The van der Waals surface area contributed by atoms with Crippen molar-refractivity contribution in [2.75, 3.05) is 31.6 Å². The second-order valence-electron chi connectivity index (χ2n) is 8.70. The number of β-amino-alcohol motifs (C(OH)–C–C–N with tert-alkyl or cyclic N) is 1. The summed E-state index contributed by atoms with van der Waals surface area (Å²) < 4.78 is 22.5. The summed E-state index contributed by atoms with van der Waals surface area (Å²) in [6.45, 7) is 2.62. The number of aliphatic hydroxyl groups excluding tert-OH is 2. The number of likely N-dealkylation sites (tertiary alicyclic amines) is 1. The van der Waals surface area contributed by atoms with Crippen molar-refractivity contribution in [3.8, 4) is 11.4 Å². The minimum Gasteiger partial charge on any atom is -0.490 e. The van der Waals surface area contributed by atoms with E-state index in [4.69, 9.17) is 9.84 Å². The van der Waals surface area contributed by atoms with Crippen LogP contribution in [0.4, 0.5) is 15.9 Å². The van der Waals surface area contributed by atoms with Crippen molar-refractivity contribution < 1.29 is 19.3 Å². The molecule has 0 aliphatic carbocycles. The molecule has 35 heavy (non-hydrogen) atoms. The Bertz CT molecular complexity index is 1300. The van der Waals surface area contributed by atoms with E-state index in [0.717, 1.165) is 42.5 Å². The third-order valence-corrected chi connectivity index (χ3v) is 6.25. The molecule has 0 amide bonds. The van der Waals surface area contributed by atoms with Crippen molar-refractivity contribution in [1.82, 2.24) is 19.7 Å². The van der Waals surface area contributed by atoms with Crippen molar-refractivity contribution in [3.63, 3.8) is 0 Å². The van der Waals surface area contributed by atoms with Crippen molar-refractivity contribution in [3.05, 3.63) is 72.4 Å². The van der Waals surface area contributed by atoms with Gasteiger partial charge in [-0.25, -0.2) is 14.1 Å². The van der Waals surface area contributed by atoms with Gasteiger partial charge in [-0.3, -0.25) is 0 Å². The zero-order chi connectivity index (χ0) is 24.2. The van der Waals surface area contributed by atoms with Gasteiger partial charge in [0.15, 0.2) is 0 Å². The van der Waals surface area contributed by atoms with Gasteiger partial charge >= 0.3 is 0 Å². The number of aliphatic hydroxyl groups is 2. The van der Waals surface area contributed by atoms with Crippen LogP contribution in [0.25, 0.3) is 16.5 Å². The summed E-state index contributed by atoms with van der Waals surface area (Å²) >= 11 is 0. The van der Waals surface area contributed by atoms with E-state index in [9.17, 15) is 9.50 Å². The number of pyridine rings is 1. The highest BCUT2D eigenvalue weighted by atomic mass is 19.1. The third-order valence-electron chi connectivity index (χ3n) is 6.25. The van der Waals surface area contributed by atoms with Gasteiger partial charge in [-0.05, 0) is 54.6 Å². The maximum atomic E-state index is 14.8. The number of halogens is 1. The Morgan fingerprint density at radius 1 is 1.03 bits per heavy atom. The normalized spacial score (nSPS) is 14.9. The predicted molar refractivity (Wildman–Crippen MR) is 132 cm³/mol. The lowest BCUT2D eigenvalue weighted by atomic mass is 10.1. The van der Waals surface area contributed by atoms with E-state index < -0.39 is 5.82 Å². The Hall–Kier alpha value is -3.53. The zero-order valence-corrected chi connectivity index (χ0v) is 19.3. The smallest absolute Gasteiger partial charge is 0.148 e. The summed E-state index contributed by atoms with van der Waals surface area (Å²) in [7, 11) is 0. The number of hydrogen-bond acceptors (Lipinski definition) is 7. The van der Waals surface area contributed by atoms with Gasteiger partial charge in [0.2, 0.25) is 0 Å². The van der Waals surface area contributed by atoms with Crippen LogP contribution in [0.2, 0.25) is 0 Å². The summed E-state index contributed by atoms with van der Waals surface area (Å²) in [6.07, 6.45) is 6.96. The molecular weight excluding hydrogens is 449 g/mol. The summed E-state index contributed by atoms with van der Waals surface area (Å²) in [5.74, 6) is 0.891. The number of piperidine rings is 1. The second kappa shape index (κ2) is 10.4. The Morgan fingerprint density at radius 2 is 1.89 bits per heavy atom. The predicted octanol–water partition coefficient (Wildman–Crippen LogP) is 3.63. The topological polar surface area (TPSA) is 95.7 Å². The second-order valence-corrected chi connectivity index (χ2v) is 8.70. The fraction of sp³-hybridized carbons (Fsp3) is 0.308. The van der Waals surface area contributed by atoms with Crippen LogP contribution >= 0.6 is 0 Å². The Balaban J connectivity index is 1.28. The fourth-order valence-corrected chi connectivity index (χ4v) is 4.31. The van der Waals surface area contributed by atoms with Crippen molar-refractivity contribution in [2.24, 2.45) is 0 Å². The average Bonchev–Trinajstić information content (AvgIpc) is 3.36. The molecule has 1 saturated heterocycles. The van der Waals surface area contributed by atoms with Crippen LogP contribution in [-0.2, 0) is 6.61 Å². The molecule has 8 nitrogen and oxygen atoms in total. The molecule has 182 valence electrons. The summed E-state index contributed by atoms with van der Waals surface area (Å²) in [6, 6.07) is 12.6. The molecule has 4 aromatic rings. The van der Waals surface area contributed by atoms with Crippen LogP contribution in [0.1, 0.15) is 18.4 Å². The van der Waals surface area contributed by atoms with Gasteiger partial charge in [-0.2, -0.15) is 5.10 Å². The highest BCUT2D eigenvalue weighted by Gasteiger charge is 2.20. The molecule has 5 rings (SSSR count). The number of hydrogen-bond donors (Lipinski definition) is 3. The maximum Gasteiger partial charge on any atom is 0.148 e. The molecular formula is C26H28FN5O3. The van der Waals surface area contributed by atoms with E-state index in [-0.39, 0.29) is 19.3 Å². The Kier molecular flexibility index (Phi) is 6.89. The highest BCUT2D eigenvalue weighted by Crippen LogP contribution is 2.27. The lowest BCUT2D eigenvalue weighted by Gasteiger charge is -2.31.